The highest BCUT2D eigenvalue weighted by molar-refractivity contribution is 5.80. The monoisotopic (exact) mass is 191 g/mol. The van der Waals surface area contributed by atoms with Gasteiger partial charge in [0.25, 0.3) is 0 Å². The molecule has 0 aliphatic rings. The summed E-state index contributed by atoms with van der Waals surface area (Å²) in [5, 5.41) is 8.44. The Balaban J connectivity index is 2.74. The van der Waals surface area contributed by atoms with Crippen molar-refractivity contribution in [2.24, 2.45) is 0 Å². The van der Waals surface area contributed by atoms with Gasteiger partial charge in [-0.25, -0.2) is 4.79 Å². The molecule has 1 N–H and O–H groups in total. The van der Waals surface area contributed by atoms with Crippen LogP contribution in [0.4, 0.5) is 5.69 Å². The van der Waals surface area contributed by atoms with E-state index >= 15 is 0 Å². The Morgan fingerprint density at radius 3 is 2.43 bits per heavy atom. The van der Waals surface area contributed by atoms with Crippen LogP contribution < -0.4 is 4.90 Å². The molecule has 0 aromatic heterocycles. The molecule has 1 aromatic rings. The van der Waals surface area contributed by atoms with Crippen LogP contribution >= 0.6 is 0 Å². The average molecular weight is 191 g/mol. The highest BCUT2D eigenvalue weighted by Crippen LogP contribution is 2.13. The number of nitrogens with zero attached hydrogens (tertiary/aromatic N) is 1. The number of aliphatic carboxylic acids is 1. The first-order chi connectivity index (χ1) is 6.59. The molecule has 0 spiro atoms. The lowest BCUT2D eigenvalue weighted by molar-refractivity contribution is -0.131. The lowest BCUT2D eigenvalue weighted by Gasteiger charge is -2.13. The Kier molecular flexibility index (Phi) is 3.29. The topological polar surface area (TPSA) is 40.5 Å². The zero-order valence-electron chi connectivity index (χ0n) is 8.27. The number of carboxylic acid groups (broad SMARTS) is 1. The first-order valence-electron chi connectivity index (χ1n) is 4.30. The van der Waals surface area contributed by atoms with E-state index < -0.39 is 5.97 Å². The number of anilines is 1. The van der Waals surface area contributed by atoms with Crippen LogP contribution in [0.25, 0.3) is 0 Å². The van der Waals surface area contributed by atoms with Crippen molar-refractivity contribution in [2.45, 2.75) is 6.92 Å². The van der Waals surface area contributed by atoms with E-state index in [4.69, 9.17) is 5.11 Å². The van der Waals surface area contributed by atoms with Gasteiger partial charge in [-0.05, 0) is 19.1 Å². The number of benzene rings is 1. The summed E-state index contributed by atoms with van der Waals surface area (Å²) in [6.45, 7) is 2.01. The SMILES string of the molecule is Cc1ccc(N(C)C=CC(=O)O)cc1. The first-order valence-corrected chi connectivity index (χ1v) is 4.30. The molecule has 1 aromatic carbocycles. The molecular formula is C11H13NO2. The smallest absolute Gasteiger partial charge is 0.329 e. The first kappa shape index (κ1) is 10.3. The van der Waals surface area contributed by atoms with Gasteiger partial charge in [0.1, 0.15) is 0 Å². The average Bonchev–Trinajstić information content (AvgIpc) is 2.15. The van der Waals surface area contributed by atoms with Crippen LogP contribution in [0.5, 0.6) is 0 Å². The van der Waals surface area contributed by atoms with Crippen LogP contribution in [-0.4, -0.2) is 18.1 Å². The van der Waals surface area contributed by atoms with E-state index in [1.165, 1.54) is 11.8 Å². The van der Waals surface area contributed by atoms with Crippen molar-refractivity contribution >= 4 is 11.7 Å². The highest BCUT2D eigenvalue weighted by Gasteiger charge is 1.96. The van der Waals surface area contributed by atoms with Crippen molar-refractivity contribution in [2.75, 3.05) is 11.9 Å². The third-order valence-electron chi connectivity index (χ3n) is 1.88. The Bertz CT molecular complexity index is 341. The van der Waals surface area contributed by atoms with E-state index in [0.29, 0.717) is 0 Å². The fourth-order valence-electron chi connectivity index (χ4n) is 1.04. The second kappa shape index (κ2) is 4.46. The maximum absolute atomic E-state index is 10.3. The summed E-state index contributed by atoms with van der Waals surface area (Å²) in [6, 6.07) is 7.87. The summed E-state index contributed by atoms with van der Waals surface area (Å²) in [6.07, 6.45) is 2.63. The summed E-state index contributed by atoms with van der Waals surface area (Å²) in [4.78, 5) is 12.0. The van der Waals surface area contributed by atoms with Gasteiger partial charge in [-0.3, -0.25) is 0 Å². The molecule has 0 atom stereocenters. The van der Waals surface area contributed by atoms with E-state index in [0.717, 1.165) is 11.8 Å². The summed E-state index contributed by atoms with van der Waals surface area (Å²) < 4.78 is 0. The van der Waals surface area contributed by atoms with Gasteiger partial charge in [0.15, 0.2) is 0 Å². The molecule has 0 amide bonds. The summed E-state index contributed by atoms with van der Waals surface area (Å²) in [5.41, 5.74) is 2.15. The van der Waals surface area contributed by atoms with Crippen molar-refractivity contribution in [3.63, 3.8) is 0 Å². The van der Waals surface area contributed by atoms with Gasteiger partial charge in [-0.15, -0.1) is 0 Å². The maximum atomic E-state index is 10.3. The minimum absolute atomic E-state index is 0.941. The van der Waals surface area contributed by atoms with Crippen molar-refractivity contribution in [1.29, 1.82) is 0 Å². The lowest BCUT2D eigenvalue weighted by atomic mass is 10.2. The predicted octanol–water partition coefficient (Wildman–Crippen LogP) is 2.03. The van der Waals surface area contributed by atoms with Crippen molar-refractivity contribution in [3.05, 3.63) is 42.1 Å². The molecule has 3 nitrogen and oxygen atoms in total. The highest BCUT2D eigenvalue weighted by atomic mass is 16.4. The number of hydrogen-bond acceptors (Lipinski definition) is 2. The molecule has 3 heteroatoms. The van der Waals surface area contributed by atoms with Crippen LogP contribution in [-0.2, 0) is 4.79 Å². The maximum Gasteiger partial charge on any atom is 0.329 e. The quantitative estimate of drug-likeness (QED) is 0.743. The normalized spacial score (nSPS) is 10.4. The molecule has 0 aliphatic carbocycles. The summed E-state index contributed by atoms with van der Waals surface area (Å²) in [7, 11) is 1.81. The van der Waals surface area contributed by atoms with Gasteiger partial charge >= 0.3 is 5.97 Å². The van der Waals surface area contributed by atoms with Crippen molar-refractivity contribution < 1.29 is 9.90 Å². The molecule has 0 saturated carbocycles. The zero-order valence-corrected chi connectivity index (χ0v) is 8.27. The fourth-order valence-corrected chi connectivity index (χ4v) is 1.04. The molecule has 0 heterocycles. The van der Waals surface area contributed by atoms with E-state index in [1.54, 1.807) is 4.90 Å². The second-order valence-electron chi connectivity index (χ2n) is 3.10. The minimum Gasteiger partial charge on any atom is -0.478 e. The summed E-state index contributed by atoms with van der Waals surface area (Å²) >= 11 is 0. The molecule has 1 rings (SSSR count). The molecule has 14 heavy (non-hydrogen) atoms. The van der Waals surface area contributed by atoms with Gasteiger partial charge in [0.05, 0.1) is 0 Å². The third kappa shape index (κ3) is 2.94. The fraction of sp³-hybridized carbons (Fsp3) is 0.182. The van der Waals surface area contributed by atoms with Crippen LogP contribution in [0.3, 0.4) is 0 Å². The Labute approximate surface area is 83.3 Å². The van der Waals surface area contributed by atoms with Crippen LogP contribution in [0, 0.1) is 6.92 Å². The predicted molar refractivity (Wildman–Crippen MR) is 56.4 cm³/mol. The standard InChI is InChI=1S/C11H13NO2/c1-9-3-5-10(6-4-9)12(2)8-7-11(13)14/h3-8H,1-2H3,(H,13,14). The van der Waals surface area contributed by atoms with E-state index in [1.807, 2.05) is 38.2 Å². The Morgan fingerprint density at radius 1 is 1.36 bits per heavy atom. The molecule has 0 unspecified atom stereocenters. The van der Waals surface area contributed by atoms with Gasteiger partial charge in [-0.1, -0.05) is 17.7 Å². The number of carboxylic acids is 1. The van der Waals surface area contributed by atoms with E-state index in [2.05, 4.69) is 0 Å². The van der Waals surface area contributed by atoms with E-state index in [-0.39, 0.29) is 0 Å². The minimum atomic E-state index is -0.941. The number of hydrogen-bond donors (Lipinski definition) is 1. The molecule has 0 bridgehead atoms. The van der Waals surface area contributed by atoms with Gasteiger partial charge in [0, 0.05) is 25.0 Å². The van der Waals surface area contributed by atoms with Crippen molar-refractivity contribution in [3.8, 4) is 0 Å². The van der Waals surface area contributed by atoms with Gasteiger partial charge in [-0.2, -0.15) is 0 Å². The number of carbonyl (C=O) groups is 1. The Hall–Kier alpha value is -1.77. The van der Waals surface area contributed by atoms with Crippen LogP contribution in [0.15, 0.2) is 36.5 Å². The summed E-state index contributed by atoms with van der Waals surface area (Å²) in [5.74, 6) is -0.941. The van der Waals surface area contributed by atoms with Gasteiger partial charge in [0.2, 0.25) is 0 Å². The largest absolute Gasteiger partial charge is 0.478 e. The number of rotatable bonds is 3. The molecule has 74 valence electrons. The second-order valence-corrected chi connectivity index (χ2v) is 3.10. The Morgan fingerprint density at radius 2 is 1.93 bits per heavy atom. The van der Waals surface area contributed by atoms with Crippen molar-refractivity contribution in [1.82, 2.24) is 0 Å². The van der Waals surface area contributed by atoms with Crippen LogP contribution in [0.1, 0.15) is 5.56 Å². The lowest BCUT2D eigenvalue weighted by Crippen LogP contribution is -2.08. The molecular weight excluding hydrogens is 178 g/mol. The third-order valence-corrected chi connectivity index (χ3v) is 1.88. The zero-order chi connectivity index (χ0) is 10.6. The van der Waals surface area contributed by atoms with Crippen LogP contribution in [0.2, 0.25) is 0 Å². The molecule has 0 radical (unpaired) electrons. The van der Waals surface area contributed by atoms with Gasteiger partial charge < -0.3 is 10.0 Å². The molecule has 0 saturated heterocycles. The van der Waals surface area contributed by atoms with E-state index in [9.17, 15) is 4.79 Å². The number of aryl methyl sites for hydroxylation is 1. The molecule has 0 aliphatic heterocycles. The molecule has 0 fully saturated rings.